The molecule has 2 unspecified atom stereocenters. The largest absolute Gasteiger partial charge is 0.573 e. The zero-order valence-corrected chi connectivity index (χ0v) is 16.5. The maximum atomic E-state index is 13.5. The van der Waals surface area contributed by atoms with Crippen LogP contribution in [-0.2, 0) is 21.8 Å². The Kier molecular flexibility index (Phi) is 5.80. The Bertz CT molecular complexity index is 1070. The van der Waals surface area contributed by atoms with E-state index in [1.165, 1.54) is 17.8 Å². The van der Waals surface area contributed by atoms with Crippen molar-refractivity contribution in [3.63, 3.8) is 0 Å². The van der Waals surface area contributed by atoms with Gasteiger partial charge in [-0.25, -0.2) is 12.8 Å². The highest BCUT2D eigenvalue weighted by atomic mass is 32.2. The molecule has 1 amide bonds. The normalized spacial score (nSPS) is 19.3. The van der Waals surface area contributed by atoms with Crippen molar-refractivity contribution in [1.29, 1.82) is 0 Å². The molecular weight excluding hydrogens is 434 g/mol. The number of hydrogen-bond acceptors (Lipinski definition) is 5. The first-order valence-electron chi connectivity index (χ1n) is 8.52. The Morgan fingerprint density at radius 2 is 2.00 bits per heavy atom. The molecule has 2 heterocycles. The molecule has 1 fully saturated rings. The van der Waals surface area contributed by atoms with Gasteiger partial charge in [0.1, 0.15) is 16.8 Å². The fraction of sp³-hybridized carbons (Fsp3) is 0.353. The van der Waals surface area contributed by atoms with Crippen molar-refractivity contribution in [2.24, 2.45) is 13.0 Å². The Balaban J connectivity index is 1.77. The lowest BCUT2D eigenvalue weighted by molar-refractivity contribution is -0.275. The van der Waals surface area contributed by atoms with E-state index in [-0.39, 0.29) is 22.2 Å². The van der Waals surface area contributed by atoms with Crippen LogP contribution in [0.3, 0.4) is 0 Å². The quantitative estimate of drug-likeness (QED) is 0.658. The molecule has 2 aromatic rings. The summed E-state index contributed by atoms with van der Waals surface area (Å²) in [5, 5.41) is 2.27. The van der Waals surface area contributed by atoms with Gasteiger partial charge in [-0.15, -0.1) is 13.2 Å². The van der Waals surface area contributed by atoms with Crippen LogP contribution in [0.5, 0.6) is 5.75 Å². The molecular formula is C17H17F4N3O5S. The summed E-state index contributed by atoms with van der Waals surface area (Å²) in [4.78, 5) is 12.3. The predicted molar refractivity (Wildman–Crippen MR) is 95.7 cm³/mol. The summed E-state index contributed by atoms with van der Waals surface area (Å²) in [7, 11) is -2.55. The first-order chi connectivity index (χ1) is 13.9. The van der Waals surface area contributed by atoms with Crippen LogP contribution in [0.1, 0.15) is 17.4 Å². The number of amides is 1. The zero-order chi connectivity index (χ0) is 22.3. The number of carbonyl (C=O) groups is 1. The van der Waals surface area contributed by atoms with Gasteiger partial charge in [0.25, 0.3) is 5.91 Å². The van der Waals surface area contributed by atoms with Crippen molar-refractivity contribution in [3.8, 4) is 5.75 Å². The van der Waals surface area contributed by atoms with Crippen LogP contribution < -0.4 is 14.8 Å². The molecule has 0 saturated carbocycles. The number of nitrogens with one attached hydrogen (secondary N) is 2. The summed E-state index contributed by atoms with van der Waals surface area (Å²) in [6.07, 6.45) is -4.58. The summed E-state index contributed by atoms with van der Waals surface area (Å²) in [5.41, 5.74) is -0.276. The molecule has 0 bridgehead atoms. The van der Waals surface area contributed by atoms with E-state index in [4.69, 9.17) is 4.74 Å². The standard InChI is InChI=1S/C17H17F4N3O5S/c1-9-8-28-16(9)23-30(26,27)11-6-13(24(2)7-11)15(25)22-10-3-4-12(18)14(5-10)29-17(19,20)21/h3-7,9,16,23H,8H2,1-2H3,(H,22,25). The van der Waals surface area contributed by atoms with E-state index >= 15 is 0 Å². The molecule has 1 aliphatic rings. The molecule has 0 aliphatic carbocycles. The monoisotopic (exact) mass is 451 g/mol. The van der Waals surface area contributed by atoms with Gasteiger partial charge in [0.2, 0.25) is 10.0 Å². The topological polar surface area (TPSA) is 98.7 Å². The van der Waals surface area contributed by atoms with Gasteiger partial charge in [-0.05, 0) is 18.2 Å². The number of nitrogens with zero attached hydrogens (tertiary/aromatic N) is 1. The minimum atomic E-state index is -5.11. The highest BCUT2D eigenvalue weighted by Gasteiger charge is 2.34. The van der Waals surface area contributed by atoms with E-state index in [2.05, 4.69) is 14.8 Å². The molecule has 1 aliphatic heterocycles. The summed E-state index contributed by atoms with van der Waals surface area (Å²) >= 11 is 0. The molecule has 8 nitrogen and oxygen atoms in total. The van der Waals surface area contributed by atoms with Crippen LogP contribution >= 0.6 is 0 Å². The van der Waals surface area contributed by atoms with Crippen LogP contribution in [0.25, 0.3) is 0 Å². The van der Waals surface area contributed by atoms with Crippen LogP contribution in [0.2, 0.25) is 0 Å². The second-order valence-electron chi connectivity index (χ2n) is 6.67. The van der Waals surface area contributed by atoms with E-state index in [1.54, 1.807) is 6.92 Å². The van der Waals surface area contributed by atoms with Crippen molar-refractivity contribution in [1.82, 2.24) is 9.29 Å². The van der Waals surface area contributed by atoms with E-state index < -0.39 is 40.1 Å². The fourth-order valence-electron chi connectivity index (χ4n) is 2.64. The smallest absolute Gasteiger partial charge is 0.403 e. The van der Waals surface area contributed by atoms with Gasteiger partial charge >= 0.3 is 6.36 Å². The fourth-order valence-corrected chi connectivity index (χ4v) is 3.95. The number of halogens is 4. The Morgan fingerprint density at radius 1 is 1.30 bits per heavy atom. The number of aromatic nitrogens is 1. The number of ether oxygens (including phenoxy) is 2. The van der Waals surface area contributed by atoms with Gasteiger partial charge < -0.3 is 19.4 Å². The molecule has 1 aromatic carbocycles. The maximum Gasteiger partial charge on any atom is 0.573 e. The van der Waals surface area contributed by atoms with Crippen molar-refractivity contribution in [3.05, 3.63) is 42.0 Å². The van der Waals surface area contributed by atoms with Crippen molar-refractivity contribution >= 4 is 21.6 Å². The number of alkyl halides is 3. The number of anilines is 1. The van der Waals surface area contributed by atoms with Gasteiger partial charge in [-0.1, -0.05) is 6.92 Å². The SMILES string of the molecule is CC1COC1NS(=O)(=O)c1cc(C(=O)Nc2ccc(F)c(OC(F)(F)F)c2)n(C)c1. The average molecular weight is 451 g/mol. The molecule has 0 spiro atoms. The predicted octanol–water partition coefficient (Wildman–Crippen LogP) is 2.59. The van der Waals surface area contributed by atoms with Crippen molar-refractivity contribution < 1.29 is 40.2 Å². The van der Waals surface area contributed by atoms with Gasteiger partial charge in [-0.3, -0.25) is 4.79 Å². The van der Waals surface area contributed by atoms with Gasteiger partial charge in [0.05, 0.1) is 6.61 Å². The lowest BCUT2D eigenvalue weighted by Crippen LogP contribution is -2.50. The number of benzene rings is 1. The number of sulfonamides is 1. The number of aryl methyl sites for hydroxylation is 1. The third kappa shape index (κ3) is 4.91. The van der Waals surface area contributed by atoms with E-state index in [0.717, 1.165) is 12.1 Å². The highest BCUT2D eigenvalue weighted by molar-refractivity contribution is 7.89. The minimum Gasteiger partial charge on any atom is -0.403 e. The van der Waals surface area contributed by atoms with Gasteiger partial charge in [0.15, 0.2) is 11.6 Å². The van der Waals surface area contributed by atoms with Crippen LogP contribution in [0, 0.1) is 11.7 Å². The summed E-state index contributed by atoms with van der Waals surface area (Å²) in [6, 6.07) is 3.49. The molecule has 1 aromatic heterocycles. The Hall–Kier alpha value is -2.64. The number of carbonyl (C=O) groups excluding carboxylic acids is 1. The third-order valence-corrected chi connectivity index (χ3v) is 5.65. The molecule has 0 radical (unpaired) electrons. The lowest BCUT2D eigenvalue weighted by atomic mass is 10.1. The summed E-state index contributed by atoms with van der Waals surface area (Å²) in [5.74, 6) is -3.21. The van der Waals surface area contributed by atoms with Gasteiger partial charge in [-0.2, -0.15) is 4.72 Å². The second-order valence-corrected chi connectivity index (χ2v) is 8.39. The first kappa shape index (κ1) is 22.1. The molecule has 164 valence electrons. The third-order valence-electron chi connectivity index (χ3n) is 4.26. The minimum absolute atomic E-state index is 0.00199. The zero-order valence-electron chi connectivity index (χ0n) is 15.7. The Morgan fingerprint density at radius 3 is 2.57 bits per heavy atom. The first-order valence-corrected chi connectivity index (χ1v) is 10.0. The number of hydrogen-bond donors (Lipinski definition) is 2. The molecule has 1 saturated heterocycles. The molecule has 13 heteroatoms. The second kappa shape index (κ2) is 7.89. The molecule has 30 heavy (non-hydrogen) atoms. The molecule has 3 rings (SSSR count). The summed E-state index contributed by atoms with van der Waals surface area (Å²) in [6.45, 7) is 2.23. The average Bonchev–Trinajstić information content (AvgIpc) is 3.03. The van der Waals surface area contributed by atoms with Crippen molar-refractivity contribution in [2.75, 3.05) is 11.9 Å². The highest BCUT2D eigenvalue weighted by Crippen LogP contribution is 2.28. The van der Waals surface area contributed by atoms with E-state index in [9.17, 15) is 30.8 Å². The van der Waals surface area contributed by atoms with Crippen molar-refractivity contribution in [2.45, 2.75) is 24.4 Å². The van der Waals surface area contributed by atoms with E-state index in [0.29, 0.717) is 18.7 Å². The number of rotatable bonds is 6. The lowest BCUT2D eigenvalue weighted by Gasteiger charge is -2.34. The van der Waals surface area contributed by atoms with Crippen LogP contribution in [0.4, 0.5) is 23.2 Å². The molecule has 2 N–H and O–H groups in total. The molecule has 2 atom stereocenters. The van der Waals surface area contributed by atoms with Crippen LogP contribution in [0.15, 0.2) is 35.4 Å². The summed E-state index contributed by atoms with van der Waals surface area (Å²) < 4.78 is 87.7. The maximum absolute atomic E-state index is 13.5. The Labute approximate surface area is 168 Å². The van der Waals surface area contributed by atoms with Crippen LogP contribution in [-0.4, -0.2) is 38.1 Å². The van der Waals surface area contributed by atoms with E-state index in [1.807, 2.05) is 0 Å². The van der Waals surface area contributed by atoms with Gasteiger partial charge in [0, 0.05) is 30.9 Å².